The van der Waals surface area contributed by atoms with Gasteiger partial charge in [-0.25, -0.2) is 4.39 Å². The minimum atomic E-state index is -0.534. The topological polar surface area (TPSA) is 73.2 Å². The number of H-pyrrole nitrogens is 1. The maximum absolute atomic E-state index is 14.9. The van der Waals surface area contributed by atoms with Crippen LogP contribution < -0.4 is 15.2 Å². The first kappa shape index (κ1) is 14.9. The molecule has 0 aliphatic rings. The van der Waals surface area contributed by atoms with Crippen molar-refractivity contribution in [2.24, 2.45) is 0 Å². The molecule has 23 heavy (non-hydrogen) atoms. The van der Waals surface area contributed by atoms with E-state index in [0.29, 0.717) is 11.3 Å². The highest BCUT2D eigenvalue weighted by Gasteiger charge is 2.20. The molecule has 0 aliphatic heterocycles. The standard InChI is InChI=1S/C17H16FN3O2/c1-22-13-7-8-14(23-10-11-5-3-2-4-6-11)16(18)15(13)12-9-20-21-17(12)19/h2-9H,10H2,1H3,(H3,19,20,21). The summed E-state index contributed by atoms with van der Waals surface area (Å²) in [4.78, 5) is 0. The van der Waals surface area contributed by atoms with Gasteiger partial charge in [0, 0.05) is 0 Å². The molecule has 0 fully saturated rings. The number of nitrogen functional groups attached to an aromatic ring is 1. The summed E-state index contributed by atoms with van der Waals surface area (Å²) in [5.41, 5.74) is 7.41. The van der Waals surface area contributed by atoms with Gasteiger partial charge in [0.1, 0.15) is 18.2 Å². The molecule has 3 N–H and O–H groups in total. The summed E-state index contributed by atoms with van der Waals surface area (Å²) >= 11 is 0. The van der Waals surface area contributed by atoms with Crippen LogP contribution in [0, 0.1) is 5.82 Å². The molecule has 0 unspecified atom stereocenters. The van der Waals surface area contributed by atoms with Gasteiger partial charge in [-0.1, -0.05) is 30.3 Å². The second kappa shape index (κ2) is 6.39. The van der Waals surface area contributed by atoms with Crippen LogP contribution in [0.1, 0.15) is 5.56 Å². The molecule has 0 bridgehead atoms. The SMILES string of the molecule is COc1ccc(OCc2ccccc2)c(F)c1-c1cn[nH]c1N. The van der Waals surface area contributed by atoms with E-state index >= 15 is 0 Å². The molecule has 2 aromatic carbocycles. The Morgan fingerprint density at radius 1 is 1.13 bits per heavy atom. The highest BCUT2D eigenvalue weighted by atomic mass is 19.1. The first-order valence-electron chi connectivity index (χ1n) is 7.03. The summed E-state index contributed by atoms with van der Waals surface area (Å²) in [7, 11) is 1.47. The number of nitrogens with two attached hydrogens (primary N) is 1. The average Bonchev–Trinajstić information content (AvgIpc) is 3.00. The molecule has 6 heteroatoms. The highest BCUT2D eigenvalue weighted by Crippen LogP contribution is 2.39. The van der Waals surface area contributed by atoms with Crippen LogP contribution in [0.4, 0.5) is 10.2 Å². The summed E-state index contributed by atoms with van der Waals surface area (Å²) in [6.45, 7) is 0.268. The van der Waals surface area contributed by atoms with E-state index in [1.165, 1.54) is 19.4 Å². The van der Waals surface area contributed by atoms with E-state index in [-0.39, 0.29) is 23.7 Å². The number of hydrogen-bond donors (Lipinski definition) is 2. The van der Waals surface area contributed by atoms with Gasteiger partial charge in [-0.2, -0.15) is 5.10 Å². The Labute approximate surface area is 132 Å². The molecular formula is C17H16FN3O2. The quantitative estimate of drug-likeness (QED) is 0.757. The predicted molar refractivity (Wildman–Crippen MR) is 85.7 cm³/mol. The third-order valence-electron chi connectivity index (χ3n) is 3.46. The van der Waals surface area contributed by atoms with E-state index in [1.807, 2.05) is 30.3 Å². The normalized spacial score (nSPS) is 10.5. The molecule has 0 atom stereocenters. The largest absolute Gasteiger partial charge is 0.496 e. The number of nitrogens with one attached hydrogen (secondary N) is 1. The Morgan fingerprint density at radius 2 is 1.87 bits per heavy atom. The number of aromatic nitrogens is 2. The fraction of sp³-hybridized carbons (Fsp3) is 0.118. The zero-order valence-corrected chi connectivity index (χ0v) is 12.5. The Balaban J connectivity index is 1.95. The zero-order valence-electron chi connectivity index (χ0n) is 12.5. The lowest BCUT2D eigenvalue weighted by molar-refractivity contribution is 0.289. The van der Waals surface area contributed by atoms with E-state index in [0.717, 1.165) is 5.56 Å². The minimum Gasteiger partial charge on any atom is -0.496 e. The Kier molecular flexibility index (Phi) is 4.14. The van der Waals surface area contributed by atoms with Gasteiger partial charge in [-0.15, -0.1) is 0 Å². The molecule has 3 rings (SSSR count). The average molecular weight is 313 g/mol. The molecule has 1 aromatic heterocycles. The predicted octanol–water partition coefficient (Wildman–Crippen LogP) is 3.39. The molecule has 0 amide bonds. The van der Waals surface area contributed by atoms with Crippen molar-refractivity contribution in [3.05, 3.63) is 60.0 Å². The number of hydrogen-bond acceptors (Lipinski definition) is 4. The summed E-state index contributed by atoms with van der Waals surface area (Å²) < 4.78 is 25.7. The van der Waals surface area contributed by atoms with Gasteiger partial charge in [-0.3, -0.25) is 5.10 Å². The van der Waals surface area contributed by atoms with Crippen molar-refractivity contribution in [1.29, 1.82) is 0 Å². The van der Waals surface area contributed by atoms with E-state index in [2.05, 4.69) is 10.2 Å². The maximum atomic E-state index is 14.9. The van der Waals surface area contributed by atoms with Crippen molar-refractivity contribution in [3.8, 4) is 22.6 Å². The molecule has 0 aliphatic carbocycles. The molecule has 0 spiro atoms. The number of anilines is 1. The first-order valence-corrected chi connectivity index (χ1v) is 7.03. The lowest BCUT2D eigenvalue weighted by Crippen LogP contribution is -2.00. The second-order valence-corrected chi connectivity index (χ2v) is 4.93. The molecule has 0 saturated heterocycles. The number of methoxy groups -OCH3 is 1. The van der Waals surface area contributed by atoms with E-state index in [4.69, 9.17) is 15.2 Å². The Morgan fingerprint density at radius 3 is 2.52 bits per heavy atom. The molecular weight excluding hydrogens is 297 g/mol. The maximum Gasteiger partial charge on any atom is 0.176 e. The fourth-order valence-electron chi connectivity index (χ4n) is 2.30. The molecule has 0 radical (unpaired) electrons. The second-order valence-electron chi connectivity index (χ2n) is 4.93. The first-order chi connectivity index (χ1) is 11.2. The number of aromatic amines is 1. The van der Waals surface area contributed by atoms with Gasteiger partial charge in [0.05, 0.1) is 24.4 Å². The van der Waals surface area contributed by atoms with Gasteiger partial charge in [0.25, 0.3) is 0 Å². The highest BCUT2D eigenvalue weighted by molar-refractivity contribution is 5.79. The van der Waals surface area contributed by atoms with Gasteiger partial charge in [0.15, 0.2) is 11.6 Å². The molecule has 3 aromatic rings. The van der Waals surface area contributed by atoms with Gasteiger partial charge in [-0.05, 0) is 17.7 Å². The number of ether oxygens (including phenoxy) is 2. The lowest BCUT2D eigenvalue weighted by atomic mass is 10.1. The molecule has 118 valence electrons. The Hall–Kier alpha value is -3.02. The summed E-state index contributed by atoms with van der Waals surface area (Å²) in [5, 5.41) is 6.41. The molecule has 0 saturated carbocycles. The third kappa shape index (κ3) is 2.96. The number of rotatable bonds is 5. The summed E-state index contributed by atoms with van der Waals surface area (Å²) in [6.07, 6.45) is 1.46. The van der Waals surface area contributed by atoms with Crippen molar-refractivity contribution in [2.75, 3.05) is 12.8 Å². The van der Waals surface area contributed by atoms with Crippen LogP contribution in [-0.4, -0.2) is 17.3 Å². The van der Waals surface area contributed by atoms with Crippen molar-refractivity contribution in [3.63, 3.8) is 0 Å². The number of benzene rings is 2. The van der Waals surface area contributed by atoms with E-state index in [1.54, 1.807) is 6.07 Å². The lowest BCUT2D eigenvalue weighted by Gasteiger charge is -2.13. The van der Waals surface area contributed by atoms with Crippen molar-refractivity contribution in [2.45, 2.75) is 6.61 Å². The Bertz CT molecular complexity index is 803. The molecule has 5 nitrogen and oxygen atoms in total. The summed E-state index contributed by atoms with van der Waals surface area (Å²) in [6, 6.07) is 12.7. The van der Waals surface area contributed by atoms with Crippen molar-refractivity contribution >= 4 is 5.82 Å². The zero-order chi connectivity index (χ0) is 16.2. The minimum absolute atomic E-state index is 0.130. The monoisotopic (exact) mass is 313 g/mol. The van der Waals surface area contributed by atoms with Crippen LogP contribution in [0.25, 0.3) is 11.1 Å². The number of halogens is 1. The van der Waals surface area contributed by atoms with Gasteiger partial charge < -0.3 is 15.2 Å². The van der Waals surface area contributed by atoms with Crippen LogP contribution in [0.3, 0.4) is 0 Å². The smallest absolute Gasteiger partial charge is 0.176 e. The van der Waals surface area contributed by atoms with Crippen molar-refractivity contribution in [1.82, 2.24) is 10.2 Å². The van der Waals surface area contributed by atoms with Gasteiger partial charge in [0.2, 0.25) is 0 Å². The fourth-order valence-corrected chi connectivity index (χ4v) is 2.30. The van der Waals surface area contributed by atoms with Crippen LogP contribution in [-0.2, 0) is 6.61 Å². The van der Waals surface area contributed by atoms with E-state index in [9.17, 15) is 4.39 Å². The summed E-state index contributed by atoms with van der Waals surface area (Å²) in [5.74, 6) is 0.226. The number of nitrogens with zero attached hydrogens (tertiary/aromatic N) is 1. The van der Waals surface area contributed by atoms with E-state index < -0.39 is 5.82 Å². The van der Waals surface area contributed by atoms with Crippen LogP contribution in [0.15, 0.2) is 48.7 Å². The van der Waals surface area contributed by atoms with Crippen LogP contribution in [0.2, 0.25) is 0 Å². The van der Waals surface area contributed by atoms with Crippen LogP contribution in [0.5, 0.6) is 11.5 Å². The van der Waals surface area contributed by atoms with Crippen LogP contribution >= 0.6 is 0 Å². The third-order valence-corrected chi connectivity index (χ3v) is 3.46. The van der Waals surface area contributed by atoms with Crippen molar-refractivity contribution < 1.29 is 13.9 Å². The molecule has 1 heterocycles. The van der Waals surface area contributed by atoms with Gasteiger partial charge >= 0.3 is 0 Å².